The molecule has 0 rings (SSSR count). The lowest BCUT2D eigenvalue weighted by Gasteiger charge is -1.99. The number of ketones is 3. The van der Waals surface area contributed by atoms with Gasteiger partial charge in [0.2, 0.25) is 0 Å². The fourth-order valence-corrected chi connectivity index (χ4v) is 1.24. The van der Waals surface area contributed by atoms with Gasteiger partial charge in [-0.3, -0.25) is 14.4 Å². The highest BCUT2D eigenvalue weighted by molar-refractivity contribution is 5.86. The van der Waals surface area contributed by atoms with E-state index in [1.54, 1.807) is 6.92 Å². The van der Waals surface area contributed by atoms with Crippen molar-refractivity contribution in [3.05, 3.63) is 0 Å². The monoisotopic (exact) mass is 212 g/mol. The summed E-state index contributed by atoms with van der Waals surface area (Å²) < 4.78 is 0. The van der Waals surface area contributed by atoms with Gasteiger partial charge in [-0.15, -0.1) is 0 Å². The predicted octanol–water partition coefficient (Wildman–Crippen LogP) is 2.46. The van der Waals surface area contributed by atoms with E-state index in [1.807, 2.05) is 6.92 Å². The van der Waals surface area contributed by atoms with Crippen LogP contribution in [0.5, 0.6) is 0 Å². The standard InChI is InChI=1S/C12H20O3/c1-3-10(13)6-5-7-12(15)9-8-11(14)4-2/h3-9H2,1-2H3. The first-order valence-corrected chi connectivity index (χ1v) is 5.65. The van der Waals surface area contributed by atoms with Crippen LogP contribution in [0.15, 0.2) is 0 Å². The Morgan fingerprint density at radius 3 is 1.60 bits per heavy atom. The highest BCUT2D eigenvalue weighted by atomic mass is 16.1. The summed E-state index contributed by atoms with van der Waals surface area (Å²) in [6.45, 7) is 3.62. The van der Waals surface area contributed by atoms with Gasteiger partial charge in [-0.05, 0) is 6.42 Å². The van der Waals surface area contributed by atoms with E-state index in [0.717, 1.165) is 0 Å². The minimum Gasteiger partial charge on any atom is -0.300 e. The minimum absolute atomic E-state index is 0.0979. The summed E-state index contributed by atoms with van der Waals surface area (Å²) in [6.07, 6.45) is 3.30. The van der Waals surface area contributed by atoms with Gasteiger partial charge in [0, 0.05) is 38.5 Å². The molecule has 0 aromatic rings. The maximum Gasteiger partial charge on any atom is 0.133 e. The summed E-state index contributed by atoms with van der Waals surface area (Å²) in [6, 6.07) is 0. The lowest BCUT2D eigenvalue weighted by atomic mass is 10.0. The van der Waals surface area contributed by atoms with E-state index in [-0.39, 0.29) is 17.3 Å². The molecule has 0 aromatic heterocycles. The van der Waals surface area contributed by atoms with Crippen molar-refractivity contribution in [2.45, 2.75) is 58.8 Å². The molecular formula is C12H20O3. The summed E-state index contributed by atoms with van der Waals surface area (Å²) in [4.78, 5) is 33.1. The van der Waals surface area contributed by atoms with Crippen molar-refractivity contribution >= 4 is 17.3 Å². The highest BCUT2D eigenvalue weighted by Crippen LogP contribution is 2.04. The lowest BCUT2D eigenvalue weighted by molar-refractivity contribution is -0.124. The molecule has 0 N–H and O–H groups in total. The molecule has 0 unspecified atom stereocenters. The predicted molar refractivity (Wildman–Crippen MR) is 58.7 cm³/mol. The molecule has 3 nitrogen and oxygen atoms in total. The number of rotatable bonds is 9. The SMILES string of the molecule is CCC(=O)CCCC(=O)CCC(=O)CC. The van der Waals surface area contributed by atoms with Crippen LogP contribution in [-0.2, 0) is 14.4 Å². The Morgan fingerprint density at radius 1 is 0.667 bits per heavy atom. The number of hydrogen-bond donors (Lipinski definition) is 0. The van der Waals surface area contributed by atoms with E-state index in [1.165, 1.54) is 0 Å². The molecule has 3 heteroatoms. The maximum atomic E-state index is 11.3. The zero-order valence-electron chi connectivity index (χ0n) is 9.67. The fraction of sp³-hybridized carbons (Fsp3) is 0.750. The zero-order valence-corrected chi connectivity index (χ0v) is 9.67. The Bertz CT molecular complexity index is 231. The van der Waals surface area contributed by atoms with E-state index in [4.69, 9.17) is 0 Å². The summed E-state index contributed by atoms with van der Waals surface area (Å²) in [5.74, 6) is 0.432. The molecule has 0 aromatic carbocycles. The Kier molecular flexibility index (Phi) is 7.78. The second-order valence-electron chi connectivity index (χ2n) is 3.68. The van der Waals surface area contributed by atoms with Gasteiger partial charge in [0.15, 0.2) is 0 Å². The van der Waals surface area contributed by atoms with Gasteiger partial charge < -0.3 is 0 Å². The van der Waals surface area contributed by atoms with Crippen LogP contribution in [0.4, 0.5) is 0 Å². The molecular weight excluding hydrogens is 192 g/mol. The Labute approximate surface area is 91.2 Å². The van der Waals surface area contributed by atoms with Crippen molar-refractivity contribution in [2.75, 3.05) is 0 Å². The van der Waals surface area contributed by atoms with Gasteiger partial charge in [-0.2, -0.15) is 0 Å². The quantitative estimate of drug-likeness (QED) is 0.590. The number of hydrogen-bond acceptors (Lipinski definition) is 3. The summed E-state index contributed by atoms with van der Waals surface area (Å²) in [5, 5.41) is 0. The zero-order chi connectivity index (χ0) is 11.7. The second kappa shape index (κ2) is 8.33. The average Bonchev–Trinajstić information content (AvgIpc) is 2.25. The van der Waals surface area contributed by atoms with Gasteiger partial charge in [0.05, 0.1) is 0 Å². The molecule has 0 spiro atoms. The van der Waals surface area contributed by atoms with Gasteiger partial charge in [0.1, 0.15) is 17.3 Å². The van der Waals surface area contributed by atoms with Crippen molar-refractivity contribution in [2.24, 2.45) is 0 Å². The Balaban J connectivity index is 3.49. The van der Waals surface area contributed by atoms with Gasteiger partial charge in [-0.1, -0.05) is 13.8 Å². The molecule has 15 heavy (non-hydrogen) atoms. The number of carbonyl (C=O) groups is 3. The topological polar surface area (TPSA) is 51.2 Å². The third kappa shape index (κ3) is 8.03. The molecule has 0 fully saturated rings. The average molecular weight is 212 g/mol. The number of carbonyl (C=O) groups excluding carboxylic acids is 3. The van der Waals surface area contributed by atoms with Crippen LogP contribution in [0.25, 0.3) is 0 Å². The van der Waals surface area contributed by atoms with Crippen LogP contribution >= 0.6 is 0 Å². The van der Waals surface area contributed by atoms with Gasteiger partial charge in [0.25, 0.3) is 0 Å². The molecule has 0 amide bonds. The third-order valence-corrected chi connectivity index (χ3v) is 2.38. The van der Waals surface area contributed by atoms with E-state index < -0.39 is 0 Å². The van der Waals surface area contributed by atoms with E-state index in [0.29, 0.717) is 44.9 Å². The van der Waals surface area contributed by atoms with E-state index >= 15 is 0 Å². The molecule has 0 radical (unpaired) electrons. The molecule has 0 aliphatic rings. The van der Waals surface area contributed by atoms with Crippen molar-refractivity contribution in [3.63, 3.8) is 0 Å². The van der Waals surface area contributed by atoms with Crippen LogP contribution < -0.4 is 0 Å². The van der Waals surface area contributed by atoms with Crippen LogP contribution in [0.1, 0.15) is 58.8 Å². The fourth-order valence-electron chi connectivity index (χ4n) is 1.24. The molecule has 0 aliphatic heterocycles. The van der Waals surface area contributed by atoms with Crippen LogP contribution in [0, 0.1) is 0 Å². The Hall–Kier alpha value is -0.990. The molecule has 0 saturated carbocycles. The van der Waals surface area contributed by atoms with Crippen LogP contribution in [0.3, 0.4) is 0 Å². The molecule has 86 valence electrons. The third-order valence-electron chi connectivity index (χ3n) is 2.38. The van der Waals surface area contributed by atoms with Crippen molar-refractivity contribution in [1.29, 1.82) is 0 Å². The summed E-state index contributed by atoms with van der Waals surface area (Å²) >= 11 is 0. The maximum absolute atomic E-state index is 11.3. The first-order valence-electron chi connectivity index (χ1n) is 5.65. The first-order chi connectivity index (χ1) is 7.10. The second-order valence-corrected chi connectivity index (χ2v) is 3.68. The smallest absolute Gasteiger partial charge is 0.133 e. The van der Waals surface area contributed by atoms with Crippen LogP contribution in [0.2, 0.25) is 0 Å². The molecule has 0 bridgehead atoms. The van der Waals surface area contributed by atoms with Crippen LogP contribution in [-0.4, -0.2) is 17.3 Å². The lowest BCUT2D eigenvalue weighted by Crippen LogP contribution is -2.04. The van der Waals surface area contributed by atoms with E-state index in [9.17, 15) is 14.4 Å². The normalized spacial score (nSPS) is 10.0. The molecule has 0 heterocycles. The molecule has 0 atom stereocenters. The molecule has 0 aliphatic carbocycles. The van der Waals surface area contributed by atoms with E-state index in [2.05, 4.69) is 0 Å². The largest absolute Gasteiger partial charge is 0.300 e. The minimum atomic E-state index is 0.0979. The van der Waals surface area contributed by atoms with Crippen molar-refractivity contribution in [1.82, 2.24) is 0 Å². The highest BCUT2D eigenvalue weighted by Gasteiger charge is 2.06. The summed E-state index contributed by atoms with van der Waals surface area (Å²) in [7, 11) is 0. The first kappa shape index (κ1) is 14.0. The molecule has 0 saturated heterocycles. The van der Waals surface area contributed by atoms with Gasteiger partial charge in [-0.25, -0.2) is 0 Å². The number of Topliss-reactive ketones (excluding diaryl/α,β-unsaturated/α-hetero) is 3. The van der Waals surface area contributed by atoms with Crippen molar-refractivity contribution < 1.29 is 14.4 Å². The summed E-state index contributed by atoms with van der Waals surface area (Å²) in [5.41, 5.74) is 0. The Morgan fingerprint density at radius 2 is 1.07 bits per heavy atom. The van der Waals surface area contributed by atoms with Gasteiger partial charge >= 0.3 is 0 Å². The van der Waals surface area contributed by atoms with Crippen molar-refractivity contribution in [3.8, 4) is 0 Å².